The van der Waals surface area contributed by atoms with Crippen molar-refractivity contribution in [3.05, 3.63) is 29.8 Å². The fraction of sp³-hybridized carbons (Fsp3) is 0.647. The van der Waals surface area contributed by atoms with Gasteiger partial charge < -0.3 is 5.73 Å². The van der Waals surface area contributed by atoms with Gasteiger partial charge in [0.25, 0.3) is 0 Å². The largest absolute Gasteiger partial charge is 0.399 e. The van der Waals surface area contributed by atoms with Crippen molar-refractivity contribution in [2.75, 3.05) is 12.3 Å². The molecule has 3 rings (SSSR count). The number of rotatable bonds is 2. The second kappa shape index (κ2) is 4.24. The summed E-state index contributed by atoms with van der Waals surface area (Å²) in [5, 5.41) is 0. The van der Waals surface area contributed by atoms with Gasteiger partial charge in [-0.15, -0.1) is 0 Å². The molecule has 1 aromatic rings. The third-order valence-corrected chi connectivity index (χ3v) is 4.86. The Morgan fingerprint density at radius 2 is 2.05 bits per heavy atom. The van der Waals surface area contributed by atoms with Crippen LogP contribution in [0.3, 0.4) is 0 Å². The minimum absolute atomic E-state index is 0.502. The number of nitrogen functional groups attached to an aromatic ring is 1. The summed E-state index contributed by atoms with van der Waals surface area (Å²) in [5.74, 6) is 0. The van der Waals surface area contributed by atoms with Gasteiger partial charge in [-0.05, 0) is 47.8 Å². The van der Waals surface area contributed by atoms with Crippen LogP contribution in [0.5, 0.6) is 0 Å². The minimum atomic E-state index is 0.502. The molecule has 2 aliphatic rings. The topological polar surface area (TPSA) is 29.3 Å². The van der Waals surface area contributed by atoms with Gasteiger partial charge in [0.05, 0.1) is 0 Å². The van der Waals surface area contributed by atoms with Crippen molar-refractivity contribution >= 4 is 5.69 Å². The zero-order valence-corrected chi connectivity index (χ0v) is 12.4. The monoisotopic (exact) mass is 258 g/mol. The summed E-state index contributed by atoms with van der Waals surface area (Å²) < 4.78 is 0. The van der Waals surface area contributed by atoms with Crippen LogP contribution in [-0.2, 0) is 6.54 Å². The van der Waals surface area contributed by atoms with Gasteiger partial charge in [0.1, 0.15) is 0 Å². The van der Waals surface area contributed by atoms with Crippen molar-refractivity contribution in [3.8, 4) is 0 Å². The highest BCUT2D eigenvalue weighted by Gasteiger charge is 2.49. The van der Waals surface area contributed by atoms with Crippen LogP contribution >= 0.6 is 0 Å². The molecule has 2 bridgehead atoms. The summed E-state index contributed by atoms with van der Waals surface area (Å²) in [4.78, 5) is 2.68. The molecule has 1 heterocycles. The van der Waals surface area contributed by atoms with Crippen LogP contribution in [0.4, 0.5) is 5.69 Å². The Bertz CT molecular complexity index is 480. The molecular formula is C17H26N2. The van der Waals surface area contributed by atoms with E-state index in [0.717, 1.165) is 18.3 Å². The first-order chi connectivity index (χ1) is 8.85. The number of nitrogens with two attached hydrogens (primary N) is 1. The van der Waals surface area contributed by atoms with Gasteiger partial charge >= 0.3 is 0 Å². The Morgan fingerprint density at radius 1 is 1.26 bits per heavy atom. The fourth-order valence-electron chi connectivity index (χ4n) is 4.69. The predicted molar refractivity (Wildman–Crippen MR) is 80.8 cm³/mol. The Kier molecular flexibility index (Phi) is 2.90. The van der Waals surface area contributed by atoms with Crippen LogP contribution < -0.4 is 5.73 Å². The summed E-state index contributed by atoms with van der Waals surface area (Å²) in [7, 11) is 0. The molecule has 1 aliphatic heterocycles. The van der Waals surface area contributed by atoms with Crippen molar-refractivity contribution < 1.29 is 0 Å². The molecule has 0 aromatic heterocycles. The van der Waals surface area contributed by atoms with Crippen molar-refractivity contribution in [2.45, 2.75) is 52.6 Å². The Labute approximate surface area is 117 Å². The SMILES string of the molecule is CC1(C)CC2CC(C)(CN2Cc2cccc(N)c2)C1. The Balaban J connectivity index is 1.77. The molecule has 0 radical (unpaired) electrons. The molecule has 2 N–H and O–H groups in total. The molecule has 2 atom stereocenters. The van der Waals surface area contributed by atoms with Gasteiger partial charge in [-0.1, -0.05) is 32.9 Å². The van der Waals surface area contributed by atoms with Crippen LogP contribution in [0, 0.1) is 10.8 Å². The second-order valence-electron chi connectivity index (χ2n) is 7.86. The average Bonchev–Trinajstić information content (AvgIpc) is 2.47. The average molecular weight is 258 g/mol. The predicted octanol–water partition coefficient (Wildman–Crippen LogP) is 3.67. The van der Waals surface area contributed by atoms with E-state index in [0.29, 0.717) is 10.8 Å². The third kappa shape index (κ3) is 2.64. The standard InChI is InChI=1S/C17H26N2/c1-16(2)8-15-9-17(3,11-16)12-19(15)10-13-5-4-6-14(18)7-13/h4-7,15H,8-12,18H2,1-3H3. The zero-order valence-electron chi connectivity index (χ0n) is 12.4. The molecule has 1 aliphatic carbocycles. The van der Waals surface area contributed by atoms with Gasteiger partial charge in [0, 0.05) is 24.8 Å². The lowest BCUT2D eigenvalue weighted by Crippen LogP contribution is -2.34. The van der Waals surface area contributed by atoms with E-state index in [-0.39, 0.29) is 0 Å². The van der Waals surface area contributed by atoms with E-state index >= 15 is 0 Å². The van der Waals surface area contributed by atoms with Crippen LogP contribution in [0.15, 0.2) is 24.3 Å². The minimum Gasteiger partial charge on any atom is -0.399 e. The number of hydrogen-bond acceptors (Lipinski definition) is 2. The number of likely N-dealkylation sites (tertiary alicyclic amines) is 1. The maximum atomic E-state index is 5.89. The van der Waals surface area contributed by atoms with Gasteiger partial charge in [-0.3, -0.25) is 4.90 Å². The molecule has 0 spiro atoms. The maximum absolute atomic E-state index is 5.89. The number of fused-ring (bicyclic) bond motifs is 2. The normalized spacial score (nSPS) is 33.5. The van der Waals surface area contributed by atoms with E-state index < -0.39 is 0 Å². The van der Waals surface area contributed by atoms with E-state index in [9.17, 15) is 0 Å². The summed E-state index contributed by atoms with van der Waals surface area (Å²) in [6, 6.07) is 9.12. The summed E-state index contributed by atoms with van der Waals surface area (Å²) in [6.07, 6.45) is 4.08. The number of nitrogens with zero attached hydrogens (tertiary/aromatic N) is 1. The van der Waals surface area contributed by atoms with Crippen molar-refractivity contribution in [1.82, 2.24) is 4.90 Å². The highest BCUT2D eigenvalue weighted by molar-refractivity contribution is 5.40. The second-order valence-corrected chi connectivity index (χ2v) is 7.86. The summed E-state index contributed by atoms with van der Waals surface area (Å²) in [6.45, 7) is 9.64. The maximum Gasteiger partial charge on any atom is 0.0317 e. The van der Waals surface area contributed by atoms with Crippen molar-refractivity contribution in [3.63, 3.8) is 0 Å². The first-order valence-corrected chi connectivity index (χ1v) is 7.44. The van der Waals surface area contributed by atoms with E-state index in [1.807, 2.05) is 6.07 Å². The third-order valence-electron chi connectivity index (χ3n) is 4.86. The highest BCUT2D eigenvalue weighted by Crippen LogP contribution is 2.52. The van der Waals surface area contributed by atoms with E-state index in [1.54, 1.807) is 0 Å². The number of anilines is 1. The molecule has 2 nitrogen and oxygen atoms in total. The first-order valence-electron chi connectivity index (χ1n) is 7.44. The Morgan fingerprint density at radius 3 is 2.79 bits per heavy atom. The summed E-state index contributed by atoms with van der Waals surface area (Å²) >= 11 is 0. The molecule has 2 heteroatoms. The van der Waals surface area contributed by atoms with E-state index in [4.69, 9.17) is 5.73 Å². The van der Waals surface area contributed by atoms with Crippen LogP contribution in [0.25, 0.3) is 0 Å². The highest BCUT2D eigenvalue weighted by atomic mass is 15.2. The number of benzene rings is 1. The van der Waals surface area contributed by atoms with Gasteiger partial charge in [0.2, 0.25) is 0 Å². The lowest BCUT2D eigenvalue weighted by Gasteiger charge is -2.40. The van der Waals surface area contributed by atoms with Crippen LogP contribution in [-0.4, -0.2) is 17.5 Å². The lowest BCUT2D eigenvalue weighted by molar-refractivity contribution is 0.126. The van der Waals surface area contributed by atoms with Crippen molar-refractivity contribution in [1.29, 1.82) is 0 Å². The van der Waals surface area contributed by atoms with Crippen LogP contribution in [0.2, 0.25) is 0 Å². The lowest BCUT2D eigenvalue weighted by atomic mass is 9.65. The molecule has 19 heavy (non-hydrogen) atoms. The zero-order chi connectivity index (χ0) is 13.7. The first kappa shape index (κ1) is 13.0. The summed E-state index contributed by atoms with van der Waals surface area (Å²) in [5.41, 5.74) is 9.15. The van der Waals surface area contributed by atoms with Gasteiger partial charge in [-0.25, -0.2) is 0 Å². The quantitative estimate of drug-likeness (QED) is 0.820. The Hall–Kier alpha value is -1.02. The molecular weight excluding hydrogens is 232 g/mol. The molecule has 2 fully saturated rings. The fourth-order valence-corrected chi connectivity index (χ4v) is 4.69. The van der Waals surface area contributed by atoms with E-state index in [2.05, 4.69) is 43.9 Å². The molecule has 0 amide bonds. The molecule has 104 valence electrons. The van der Waals surface area contributed by atoms with Gasteiger partial charge in [0.15, 0.2) is 0 Å². The van der Waals surface area contributed by atoms with E-state index in [1.165, 1.54) is 31.4 Å². The molecule has 1 aromatic carbocycles. The smallest absolute Gasteiger partial charge is 0.0317 e. The molecule has 2 unspecified atom stereocenters. The van der Waals surface area contributed by atoms with Crippen molar-refractivity contribution in [2.24, 2.45) is 10.8 Å². The van der Waals surface area contributed by atoms with Crippen LogP contribution in [0.1, 0.15) is 45.6 Å². The van der Waals surface area contributed by atoms with Gasteiger partial charge in [-0.2, -0.15) is 0 Å². The molecule has 1 saturated carbocycles. The number of hydrogen-bond donors (Lipinski definition) is 1. The molecule has 1 saturated heterocycles.